The molecule has 3 rings (SSSR count). The molecule has 3 heterocycles. The molecule has 0 aliphatic carbocycles. The highest BCUT2D eigenvalue weighted by Crippen LogP contribution is 2.24. The maximum absolute atomic E-state index is 12.9. The van der Waals surface area contributed by atoms with Crippen LogP contribution in [0.5, 0.6) is 0 Å². The zero-order valence-corrected chi connectivity index (χ0v) is 12.7. The second-order valence-corrected chi connectivity index (χ2v) is 5.79. The molecule has 1 saturated heterocycles. The molecule has 2 atom stereocenters. The molecule has 0 saturated carbocycles. The number of nitrogens with two attached hydrogens (primary N) is 1. The van der Waals surface area contributed by atoms with Crippen LogP contribution in [-0.4, -0.2) is 44.5 Å². The number of likely N-dealkylation sites (tertiary alicyclic amines) is 1. The standard InChI is InChI=1S/C16H21N5O/c1-12-3-2-7-21(14(12)10-17)16(22)13-4-5-19-15(9-13)20-8-6-18-11-20/h4-6,8-9,11-12,14H,2-3,7,10,17H2,1H3/t12-,14+/m1/s1. The van der Waals surface area contributed by atoms with Crippen molar-refractivity contribution in [1.29, 1.82) is 0 Å². The van der Waals surface area contributed by atoms with E-state index in [1.54, 1.807) is 35.4 Å². The number of piperidine rings is 1. The van der Waals surface area contributed by atoms with E-state index in [0.717, 1.165) is 19.4 Å². The fourth-order valence-corrected chi connectivity index (χ4v) is 3.11. The third-order valence-corrected chi connectivity index (χ3v) is 4.38. The van der Waals surface area contributed by atoms with E-state index < -0.39 is 0 Å². The van der Waals surface area contributed by atoms with Gasteiger partial charge in [0.25, 0.3) is 5.91 Å². The first-order valence-corrected chi connectivity index (χ1v) is 7.66. The maximum Gasteiger partial charge on any atom is 0.254 e. The molecule has 2 aromatic heterocycles. The third-order valence-electron chi connectivity index (χ3n) is 4.38. The Labute approximate surface area is 130 Å². The van der Waals surface area contributed by atoms with Crippen molar-refractivity contribution < 1.29 is 4.79 Å². The number of carbonyl (C=O) groups excluding carboxylic acids is 1. The molecule has 0 bridgehead atoms. The molecule has 0 unspecified atom stereocenters. The summed E-state index contributed by atoms with van der Waals surface area (Å²) in [7, 11) is 0. The molecule has 116 valence electrons. The van der Waals surface area contributed by atoms with Crippen molar-refractivity contribution in [2.75, 3.05) is 13.1 Å². The van der Waals surface area contributed by atoms with Gasteiger partial charge in [-0.25, -0.2) is 9.97 Å². The number of amides is 1. The first-order valence-electron chi connectivity index (χ1n) is 7.66. The van der Waals surface area contributed by atoms with Crippen LogP contribution < -0.4 is 5.73 Å². The minimum atomic E-state index is 0.0331. The van der Waals surface area contributed by atoms with Crippen LogP contribution in [0.15, 0.2) is 37.1 Å². The number of hydrogen-bond acceptors (Lipinski definition) is 4. The van der Waals surface area contributed by atoms with Crippen molar-refractivity contribution in [2.45, 2.75) is 25.8 Å². The van der Waals surface area contributed by atoms with E-state index in [1.807, 2.05) is 11.1 Å². The number of rotatable bonds is 3. The molecule has 1 amide bonds. The molecule has 1 fully saturated rings. The van der Waals surface area contributed by atoms with Gasteiger partial charge in [-0.1, -0.05) is 6.92 Å². The number of aromatic nitrogens is 3. The summed E-state index contributed by atoms with van der Waals surface area (Å²) in [4.78, 5) is 23.1. The van der Waals surface area contributed by atoms with Gasteiger partial charge in [0.05, 0.1) is 0 Å². The van der Waals surface area contributed by atoms with Crippen LogP contribution in [0.25, 0.3) is 5.82 Å². The summed E-state index contributed by atoms with van der Waals surface area (Å²) in [5.41, 5.74) is 6.53. The third kappa shape index (κ3) is 2.74. The quantitative estimate of drug-likeness (QED) is 0.931. The van der Waals surface area contributed by atoms with Gasteiger partial charge in [-0.05, 0) is 30.9 Å². The Hall–Kier alpha value is -2.21. The summed E-state index contributed by atoms with van der Waals surface area (Å²) in [5, 5.41) is 0. The molecule has 6 nitrogen and oxygen atoms in total. The topological polar surface area (TPSA) is 77.0 Å². The van der Waals surface area contributed by atoms with Crippen LogP contribution >= 0.6 is 0 Å². The first-order chi connectivity index (χ1) is 10.7. The van der Waals surface area contributed by atoms with Gasteiger partial charge >= 0.3 is 0 Å². The van der Waals surface area contributed by atoms with Gasteiger partial charge < -0.3 is 10.6 Å². The molecular formula is C16H21N5O. The van der Waals surface area contributed by atoms with Crippen LogP contribution in [0.1, 0.15) is 30.1 Å². The highest BCUT2D eigenvalue weighted by Gasteiger charge is 2.31. The van der Waals surface area contributed by atoms with Crippen LogP contribution in [0, 0.1) is 5.92 Å². The van der Waals surface area contributed by atoms with Crippen molar-refractivity contribution in [3.8, 4) is 5.82 Å². The molecule has 22 heavy (non-hydrogen) atoms. The summed E-state index contributed by atoms with van der Waals surface area (Å²) in [6, 6.07) is 3.68. The lowest BCUT2D eigenvalue weighted by molar-refractivity contribution is 0.0532. The average Bonchev–Trinajstić information content (AvgIpc) is 3.08. The van der Waals surface area contributed by atoms with E-state index in [4.69, 9.17) is 5.73 Å². The minimum Gasteiger partial charge on any atom is -0.334 e. The second-order valence-electron chi connectivity index (χ2n) is 5.79. The number of hydrogen-bond donors (Lipinski definition) is 1. The normalized spacial score (nSPS) is 21.8. The lowest BCUT2D eigenvalue weighted by atomic mass is 9.90. The van der Waals surface area contributed by atoms with Crippen molar-refractivity contribution >= 4 is 5.91 Å². The minimum absolute atomic E-state index is 0.0331. The van der Waals surface area contributed by atoms with Gasteiger partial charge in [0, 0.05) is 43.3 Å². The molecular weight excluding hydrogens is 278 g/mol. The molecule has 1 aliphatic rings. The Morgan fingerprint density at radius 3 is 3.05 bits per heavy atom. The van der Waals surface area contributed by atoms with Crippen molar-refractivity contribution in [1.82, 2.24) is 19.4 Å². The summed E-state index contributed by atoms with van der Waals surface area (Å²) in [6.07, 6.45) is 8.98. The summed E-state index contributed by atoms with van der Waals surface area (Å²) >= 11 is 0. The SMILES string of the molecule is C[C@@H]1CCCN(C(=O)c2ccnc(-n3ccnc3)c2)[C@H]1CN. The Bertz CT molecular complexity index is 640. The van der Waals surface area contributed by atoms with Gasteiger partial charge in [-0.3, -0.25) is 9.36 Å². The van der Waals surface area contributed by atoms with Gasteiger partial charge in [-0.15, -0.1) is 0 Å². The molecule has 6 heteroatoms. The van der Waals surface area contributed by atoms with Gasteiger partial charge in [0.2, 0.25) is 0 Å². The van der Waals surface area contributed by atoms with Crippen LogP contribution in [0.4, 0.5) is 0 Å². The highest BCUT2D eigenvalue weighted by molar-refractivity contribution is 5.94. The van der Waals surface area contributed by atoms with E-state index in [9.17, 15) is 4.79 Å². The summed E-state index contributed by atoms with van der Waals surface area (Å²) in [5.74, 6) is 1.17. The molecule has 0 aromatic carbocycles. The van der Waals surface area contributed by atoms with Gasteiger partial charge in [0.1, 0.15) is 12.1 Å². The molecule has 2 aromatic rings. The zero-order chi connectivity index (χ0) is 15.5. The fourth-order valence-electron chi connectivity index (χ4n) is 3.11. The molecule has 0 spiro atoms. The predicted molar refractivity (Wildman–Crippen MR) is 83.6 cm³/mol. The van der Waals surface area contributed by atoms with E-state index >= 15 is 0 Å². The number of carbonyl (C=O) groups is 1. The van der Waals surface area contributed by atoms with Crippen LogP contribution in [-0.2, 0) is 0 Å². The molecule has 0 radical (unpaired) electrons. The lowest BCUT2D eigenvalue weighted by Crippen LogP contribution is -2.51. The summed E-state index contributed by atoms with van der Waals surface area (Å²) in [6.45, 7) is 3.45. The fraction of sp³-hybridized carbons (Fsp3) is 0.438. The van der Waals surface area contributed by atoms with Gasteiger partial charge in [0.15, 0.2) is 0 Å². The van der Waals surface area contributed by atoms with E-state index in [2.05, 4.69) is 16.9 Å². The Morgan fingerprint density at radius 1 is 1.45 bits per heavy atom. The first kappa shape index (κ1) is 14.7. The second kappa shape index (κ2) is 6.27. The van der Waals surface area contributed by atoms with Gasteiger partial charge in [-0.2, -0.15) is 0 Å². The average molecular weight is 299 g/mol. The van der Waals surface area contributed by atoms with Crippen LogP contribution in [0.2, 0.25) is 0 Å². The van der Waals surface area contributed by atoms with E-state index in [-0.39, 0.29) is 11.9 Å². The predicted octanol–water partition coefficient (Wildman–Crippen LogP) is 1.47. The summed E-state index contributed by atoms with van der Waals surface area (Å²) < 4.78 is 1.79. The number of imidazole rings is 1. The van der Waals surface area contributed by atoms with Crippen molar-refractivity contribution in [3.05, 3.63) is 42.6 Å². The van der Waals surface area contributed by atoms with Crippen LogP contribution in [0.3, 0.4) is 0 Å². The highest BCUT2D eigenvalue weighted by atomic mass is 16.2. The Morgan fingerprint density at radius 2 is 2.32 bits per heavy atom. The largest absolute Gasteiger partial charge is 0.334 e. The number of pyridine rings is 1. The Balaban J connectivity index is 1.87. The smallest absolute Gasteiger partial charge is 0.254 e. The lowest BCUT2D eigenvalue weighted by Gasteiger charge is -2.39. The van der Waals surface area contributed by atoms with E-state index in [0.29, 0.717) is 23.8 Å². The number of nitrogens with zero attached hydrogens (tertiary/aromatic N) is 4. The molecule has 2 N–H and O–H groups in total. The Kier molecular flexibility index (Phi) is 4.20. The maximum atomic E-state index is 12.9. The van der Waals surface area contributed by atoms with E-state index in [1.165, 1.54) is 0 Å². The van der Waals surface area contributed by atoms with Crippen molar-refractivity contribution in [3.63, 3.8) is 0 Å². The molecule has 1 aliphatic heterocycles. The zero-order valence-electron chi connectivity index (χ0n) is 12.7. The van der Waals surface area contributed by atoms with Crippen molar-refractivity contribution in [2.24, 2.45) is 11.7 Å². The monoisotopic (exact) mass is 299 g/mol.